The van der Waals surface area contributed by atoms with Gasteiger partial charge in [0.2, 0.25) is 5.78 Å². The SMILES string of the molecule is Cc1cc2c(c3c1C(=O)/C(=C/c1cccc(F)c1)O3)CN(CCCc1ccccc1)CO2. The summed E-state index contributed by atoms with van der Waals surface area (Å²) < 4.78 is 25.6. The summed E-state index contributed by atoms with van der Waals surface area (Å²) in [6.07, 6.45) is 3.62. The van der Waals surface area contributed by atoms with E-state index in [0.717, 1.165) is 36.3 Å². The number of allylic oxidation sites excluding steroid dienone is 1. The summed E-state index contributed by atoms with van der Waals surface area (Å²) in [5.74, 6) is 1.02. The molecule has 0 unspecified atom stereocenters. The number of fused-ring (bicyclic) bond motifs is 3. The Hall–Kier alpha value is -3.44. The molecule has 0 fully saturated rings. The number of carbonyl (C=O) groups excluding carboxylic acids is 1. The lowest BCUT2D eigenvalue weighted by atomic mass is 9.98. The molecular weight excluding hydrogens is 405 g/mol. The average molecular weight is 429 g/mol. The van der Waals surface area contributed by atoms with E-state index < -0.39 is 0 Å². The Kier molecular flexibility index (Phi) is 5.50. The third kappa shape index (κ3) is 4.04. The second-order valence-electron chi connectivity index (χ2n) is 8.28. The Morgan fingerprint density at radius 1 is 1.09 bits per heavy atom. The van der Waals surface area contributed by atoms with Crippen LogP contribution in [-0.2, 0) is 13.0 Å². The lowest BCUT2D eigenvalue weighted by molar-refractivity contribution is 0.0928. The Balaban J connectivity index is 1.36. The van der Waals surface area contributed by atoms with Gasteiger partial charge in [0.1, 0.15) is 24.0 Å². The van der Waals surface area contributed by atoms with Crippen LogP contribution in [0.5, 0.6) is 11.5 Å². The maximum Gasteiger partial charge on any atom is 0.232 e. The Bertz CT molecular complexity index is 1200. The predicted molar refractivity (Wildman–Crippen MR) is 121 cm³/mol. The first kappa shape index (κ1) is 20.5. The molecule has 0 amide bonds. The Morgan fingerprint density at radius 2 is 1.94 bits per heavy atom. The molecule has 3 aromatic rings. The fourth-order valence-corrected chi connectivity index (χ4v) is 4.32. The van der Waals surface area contributed by atoms with Crippen LogP contribution in [0, 0.1) is 12.7 Å². The molecule has 0 atom stereocenters. The highest BCUT2D eigenvalue weighted by atomic mass is 19.1. The summed E-state index contributed by atoms with van der Waals surface area (Å²) in [6.45, 7) is 3.95. The number of aryl methyl sites for hydroxylation is 2. The summed E-state index contributed by atoms with van der Waals surface area (Å²) in [5.41, 5.74) is 4.20. The van der Waals surface area contributed by atoms with Crippen LogP contribution in [0.4, 0.5) is 4.39 Å². The number of halogens is 1. The average Bonchev–Trinajstić information content (AvgIpc) is 3.12. The molecule has 2 aliphatic rings. The van der Waals surface area contributed by atoms with Crippen molar-refractivity contribution < 1.29 is 18.7 Å². The van der Waals surface area contributed by atoms with Crippen LogP contribution in [0.3, 0.4) is 0 Å². The number of nitrogens with zero attached hydrogens (tertiary/aromatic N) is 1. The van der Waals surface area contributed by atoms with Crippen LogP contribution in [0.2, 0.25) is 0 Å². The third-order valence-corrected chi connectivity index (χ3v) is 5.92. The molecule has 162 valence electrons. The van der Waals surface area contributed by atoms with E-state index in [2.05, 4.69) is 29.2 Å². The number of benzene rings is 3. The third-order valence-electron chi connectivity index (χ3n) is 5.92. The van der Waals surface area contributed by atoms with Crippen LogP contribution in [-0.4, -0.2) is 24.0 Å². The Labute approximate surface area is 186 Å². The van der Waals surface area contributed by atoms with Gasteiger partial charge in [0.05, 0.1) is 11.1 Å². The van der Waals surface area contributed by atoms with Crippen LogP contribution in [0.25, 0.3) is 6.08 Å². The van der Waals surface area contributed by atoms with Gasteiger partial charge in [0.15, 0.2) is 5.76 Å². The fraction of sp³-hybridized carbons (Fsp3) is 0.222. The van der Waals surface area contributed by atoms with E-state index >= 15 is 0 Å². The van der Waals surface area contributed by atoms with E-state index in [9.17, 15) is 9.18 Å². The van der Waals surface area contributed by atoms with Crippen molar-refractivity contribution in [2.75, 3.05) is 13.3 Å². The maximum atomic E-state index is 13.6. The molecule has 0 saturated heterocycles. The number of rotatable bonds is 5. The number of ether oxygens (including phenoxy) is 2. The van der Waals surface area contributed by atoms with Crippen molar-refractivity contribution in [1.29, 1.82) is 0 Å². The lowest BCUT2D eigenvalue weighted by Gasteiger charge is -2.30. The minimum Gasteiger partial charge on any atom is -0.478 e. The number of hydrogen-bond donors (Lipinski definition) is 0. The minimum absolute atomic E-state index is 0.175. The van der Waals surface area contributed by atoms with Gasteiger partial charge in [-0.2, -0.15) is 0 Å². The molecule has 0 aliphatic carbocycles. The van der Waals surface area contributed by atoms with Gasteiger partial charge in [-0.15, -0.1) is 0 Å². The van der Waals surface area contributed by atoms with Gasteiger partial charge in [-0.1, -0.05) is 42.5 Å². The minimum atomic E-state index is -0.351. The normalized spacial score (nSPS) is 16.4. The summed E-state index contributed by atoms with van der Waals surface area (Å²) >= 11 is 0. The topological polar surface area (TPSA) is 38.8 Å². The van der Waals surface area contributed by atoms with E-state index in [4.69, 9.17) is 9.47 Å². The molecule has 0 aromatic heterocycles. The lowest BCUT2D eigenvalue weighted by Crippen LogP contribution is -2.33. The van der Waals surface area contributed by atoms with Crippen molar-refractivity contribution in [3.8, 4) is 11.5 Å². The van der Waals surface area contributed by atoms with E-state index in [1.165, 1.54) is 17.7 Å². The van der Waals surface area contributed by atoms with Gasteiger partial charge in [0, 0.05) is 13.1 Å². The highest BCUT2D eigenvalue weighted by Crippen LogP contribution is 2.44. The molecule has 3 aromatic carbocycles. The fourth-order valence-electron chi connectivity index (χ4n) is 4.32. The summed E-state index contributed by atoms with van der Waals surface area (Å²) in [5, 5.41) is 0. The molecule has 0 N–H and O–H groups in total. The van der Waals surface area contributed by atoms with Crippen LogP contribution in [0.15, 0.2) is 66.4 Å². The van der Waals surface area contributed by atoms with Gasteiger partial charge in [0.25, 0.3) is 0 Å². The largest absolute Gasteiger partial charge is 0.478 e. The maximum absolute atomic E-state index is 13.6. The number of ketones is 1. The van der Waals surface area contributed by atoms with Crippen molar-refractivity contribution in [3.05, 3.63) is 100 Å². The van der Waals surface area contributed by atoms with E-state index in [0.29, 0.717) is 30.2 Å². The number of carbonyl (C=O) groups is 1. The molecule has 5 rings (SSSR count). The van der Waals surface area contributed by atoms with Gasteiger partial charge in [-0.05, 0) is 60.7 Å². The first-order valence-electron chi connectivity index (χ1n) is 10.8. The van der Waals surface area contributed by atoms with Gasteiger partial charge in [-0.25, -0.2) is 4.39 Å². The van der Waals surface area contributed by atoms with E-state index in [1.54, 1.807) is 18.2 Å². The quantitative estimate of drug-likeness (QED) is 0.500. The van der Waals surface area contributed by atoms with Crippen LogP contribution >= 0.6 is 0 Å². The molecular formula is C27H24FNO3. The molecule has 2 heterocycles. The molecule has 5 heteroatoms. The van der Waals surface area contributed by atoms with Crippen LogP contribution < -0.4 is 9.47 Å². The summed E-state index contributed by atoms with van der Waals surface area (Å²) in [4.78, 5) is 15.3. The summed E-state index contributed by atoms with van der Waals surface area (Å²) in [7, 11) is 0. The second-order valence-corrected chi connectivity index (χ2v) is 8.28. The van der Waals surface area contributed by atoms with Crippen LogP contribution in [0.1, 0.15) is 39.0 Å². The highest BCUT2D eigenvalue weighted by Gasteiger charge is 2.35. The molecule has 0 radical (unpaired) electrons. The monoisotopic (exact) mass is 429 g/mol. The number of Topliss-reactive ketones (excluding diaryl/α,β-unsaturated/α-hetero) is 1. The molecule has 0 spiro atoms. The molecule has 0 saturated carbocycles. The zero-order chi connectivity index (χ0) is 22.1. The first-order valence-corrected chi connectivity index (χ1v) is 10.8. The van der Waals surface area contributed by atoms with Gasteiger partial charge < -0.3 is 9.47 Å². The van der Waals surface area contributed by atoms with Gasteiger partial charge >= 0.3 is 0 Å². The second kappa shape index (κ2) is 8.60. The molecule has 2 aliphatic heterocycles. The Morgan fingerprint density at radius 3 is 2.75 bits per heavy atom. The molecule has 4 nitrogen and oxygen atoms in total. The zero-order valence-electron chi connectivity index (χ0n) is 17.9. The standard InChI is InChI=1S/C27H24FNO3/c1-18-13-23-22(16-29(17-31-23)12-6-10-19-7-3-2-4-8-19)27-25(18)26(30)24(32-27)15-20-9-5-11-21(28)14-20/h2-5,7-9,11,13-15H,6,10,12,16-17H2,1H3/b24-15-. The summed E-state index contributed by atoms with van der Waals surface area (Å²) in [6, 6.07) is 18.5. The zero-order valence-corrected chi connectivity index (χ0v) is 17.9. The molecule has 32 heavy (non-hydrogen) atoms. The van der Waals surface area contributed by atoms with Crippen molar-refractivity contribution in [3.63, 3.8) is 0 Å². The number of hydrogen-bond acceptors (Lipinski definition) is 4. The predicted octanol–water partition coefficient (Wildman–Crippen LogP) is 5.54. The van der Waals surface area contributed by atoms with Crippen molar-refractivity contribution in [2.45, 2.75) is 26.3 Å². The smallest absolute Gasteiger partial charge is 0.232 e. The van der Waals surface area contributed by atoms with Crippen molar-refractivity contribution in [1.82, 2.24) is 4.90 Å². The first-order chi connectivity index (χ1) is 15.6. The van der Waals surface area contributed by atoms with E-state index in [-0.39, 0.29) is 17.4 Å². The van der Waals surface area contributed by atoms with Crippen molar-refractivity contribution in [2.24, 2.45) is 0 Å². The highest BCUT2D eigenvalue weighted by molar-refractivity contribution is 6.15. The van der Waals surface area contributed by atoms with Gasteiger partial charge in [-0.3, -0.25) is 9.69 Å². The van der Waals surface area contributed by atoms with E-state index in [1.807, 2.05) is 19.1 Å². The molecule has 0 bridgehead atoms. The van der Waals surface area contributed by atoms with Crippen molar-refractivity contribution >= 4 is 11.9 Å².